The lowest BCUT2D eigenvalue weighted by molar-refractivity contribution is -0.141. The van der Waals surface area contributed by atoms with E-state index in [1.165, 1.54) is 12.1 Å². The van der Waals surface area contributed by atoms with E-state index in [9.17, 15) is 14.0 Å². The number of halogens is 1. The van der Waals surface area contributed by atoms with Crippen molar-refractivity contribution in [2.24, 2.45) is 17.8 Å². The molecule has 3 rings (SSSR count). The highest BCUT2D eigenvalue weighted by molar-refractivity contribution is 5.81. The number of aliphatic carboxylic acids is 1. The lowest BCUT2D eigenvalue weighted by atomic mass is 9.94. The van der Waals surface area contributed by atoms with E-state index in [2.05, 4.69) is 6.92 Å². The minimum absolute atomic E-state index is 0.0346. The summed E-state index contributed by atoms with van der Waals surface area (Å²) >= 11 is 0. The van der Waals surface area contributed by atoms with E-state index in [1.807, 2.05) is 11.0 Å². The van der Waals surface area contributed by atoms with Gasteiger partial charge in [0.05, 0.1) is 12.0 Å². The van der Waals surface area contributed by atoms with Crippen LogP contribution in [0.5, 0.6) is 0 Å². The summed E-state index contributed by atoms with van der Waals surface area (Å²) in [5, 5.41) is 9.11. The zero-order valence-electron chi connectivity index (χ0n) is 13.2. The highest BCUT2D eigenvalue weighted by atomic mass is 19.1. The number of hydrogen-bond donors (Lipinski definition) is 1. The van der Waals surface area contributed by atoms with Crippen LogP contribution in [0.4, 0.5) is 4.39 Å². The second-order valence-corrected chi connectivity index (χ2v) is 6.84. The van der Waals surface area contributed by atoms with Gasteiger partial charge in [-0.2, -0.15) is 0 Å². The number of nitrogens with zero attached hydrogens (tertiary/aromatic N) is 1. The van der Waals surface area contributed by atoms with Crippen LogP contribution in [-0.4, -0.2) is 28.4 Å². The lowest BCUT2D eigenvalue weighted by Crippen LogP contribution is -2.36. The minimum Gasteiger partial charge on any atom is -0.481 e. The van der Waals surface area contributed by atoms with E-state index in [4.69, 9.17) is 5.11 Å². The van der Waals surface area contributed by atoms with Gasteiger partial charge in [0.15, 0.2) is 0 Å². The van der Waals surface area contributed by atoms with Crippen molar-refractivity contribution in [3.63, 3.8) is 0 Å². The van der Waals surface area contributed by atoms with E-state index >= 15 is 0 Å². The zero-order chi connectivity index (χ0) is 16.6. The molecule has 5 heteroatoms. The van der Waals surface area contributed by atoms with Gasteiger partial charge < -0.3 is 10.0 Å². The molecule has 2 unspecified atom stereocenters. The number of amides is 1. The zero-order valence-corrected chi connectivity index (χ0v) is 13.2. The number of carboxylic acids is 1. The summed E-state index contributed by atoms with van der Waals surface area (Å²) in [6, 6.07) is 6.34. The third kappa shape index (κ3) is 3.09. The van der Waals surface area contributed by atoms with Crippen molar-refractivity contribution >= 4 is 11.9 Å². The molecule has 2 aliphatic rings. The molecule has 1 aromatic carbocycles. The molecule has 4 atom stereocenters. The second-order valence-electron chi connectivity index (χ2n) is 6.84. The predicted octanol–water partition coefficient (Wildman–Crippen LogP) is 3.24. The third-order valence-corrected chi connectivity index (χ3v) is 5.30. The summed E-state index contributed by atoms with van der Waals surface area (Å²) in [5.41, 5.74) is 0.830. The summed E-state index contributed by atoms with van der Waals surface area (Å²) in [6.07, 6.45) is 2.52. The summed E-state index contributed by atoms with van der Waals surface area (Å²) in [6.45, 7) is 2.74. The Morgan fingerprint density at radius 2 is 1.96 bits per heavy atom. The molecule has 1 aliphatic heterocycles. The van der Waals surface area contributed by atoms with Gasteiger partial charge in [-0.15, -0.1) is 0 Å². The van der Waals surface area contributed by atoms with E-state index < -0.39 is 11.9 Å². The Labute approximate surface area is 135 Å². The topological polar surface area (TPSA) is 57.6 Å². The van der Waals surface area contributed by atoms with Crippen LogP contribution >= 0.6 is 0 Å². The van der Waals surface area contributed by atoms with Crippen LogP contribution in [0.1, 0.15) is 44.2 Å². The van der Waals surface area contributed by atoms with Gasteiger partial charge in [0, 0.05) is 12.5 Å². The Morgan fingerprint density at radius 3 is 2.61 bits per heavy atom. The Hall–Kier alpha value is -1.91. The third-order valence-electron chi connectivity index (χ3n) is 5.30. The second kappa shape index (κ2) is 6.30. The molecule has 4 nitrogen and oxygen atoms in total. The average molecular weight is 319 g/mol. The molecule has 1 aromatic rings. The number of carboxylic acid groups (broad SMARTS) is 1. The van der Waals surface area contributed by atoms with Crippen molar-refractivity contribution < 1.29 is 19.1 Å². The molecule has 1 saturated heterocycles. The van der Waals surface area contributed by atoms with Crippen LogP contribution in [0.15, 0.2) is 24.3 Å². The van der Waals surface area contributed by atoms with Crippen molar-refractivity contribution in [2.45, 2.75) is 38.6 Å². The fraction of sp³-hybridized carbons (Fsp3) is 0.556. The monoisotopic (exact) mass is 319 g/mol. The molecule has 0 aromatic heterocycles. The molecule has 0 bridgehead atoms. The van der Waals surface area contributed by atoms with Crippen molar-refractivity contribution in [3.8, 4) is 0 Å². The molecule has 23 heavy (non-hydrogen) atoms. The Morgan fingerprint density at radius 1 is 1.22 bits per heavy atom. The first-order valence-electron chi connectivity index (χ1n) is 8.26. The largest absolute Gasteiger partial charge is 0.481 e. The fourth-order valence-corrected chi connectivity index (χ4v) is 4.06. The Kier molecular flexibility index (Phi) is 4.37. The molecule has 0 radical (unpaired) electrons. The van der Waals surface area contributed by atoms with Crippen LogP contribution in [0, 0.1) is 23.6 Å². The van der Waals surface area contributed by atoms with Crippen molar-refractivity contribution in [1.29, 1.82) is 0 Å². The van der Waals surface area contributed by atoms with Crippen molar-refractivity contribution in [3.05, 3.63) is 35.6 Å². The smallest absolute Gasteiger partial charge is 0.306 e. The van der Waals surface area contributed by atoms with E-state index in [-0.39, 0.29) is 29.6 Å². The van der Waals surface area contributed by atoms with Crippen LogP contribution in [-0.2, 0) is 9.59 Å². The van der Waals surface area contributed by atoms with Crippen LogP contribution < -0.4 is 0 Å². The first kappa shape index (κ1) is 16.0. The van der Waals surface area contributed by atoms with Gasteiger partial charge in [0.25, 0.3) is 0 Å². The SMILES string of the molecule is CC1CCN(C(=O)[C@@H]2CC[C@H](C(=O)O)C2)C1c1cccc(F)c1. The molecule has 1 aliphatic carbocycles. The molecular weight excluding hydrogens is 297 g/mol. The first-order chi connectivity index (χ1) is 11.0. The lowest BCUT2D eigenvalue weighted by Gasteiger charge is -2.29. The molecule has 0 spiro atoms. The molecule has 1 saturated carbocycles. The normalized spacial score (nSPS) is 30.6. The van der Waals surface area contributed by atoms with Gasteiger partial charge in [0.2, 0.25) is 5.91 Å². The average Bonchev–Trinajstić information content (AvgIpc) is 3.13. The predicted molar refractivity (Wildman–Crippen MR) is 83.1 cm³/mol. The molecule has 124 valence electrons. The number of benzene rings is 1. The van der Waals surface area contributed by atoms with E-state index in [1.54, 1.807) is 6.07 Å². The maximum absolute atomic E-state index is 13.5. The number of carbonyl (C=O) groups is 2. The van der Waals surface area contributed by atoms with Crippen LogP contribution in [0.3, 0.4) is 0 Å². The van der Waals surface area contributed by atoms with Gasteiger partial charge in [-0.25, -0.2) is 4.39 Å². The molecular formula is C18H22FNO3. The Balaban J connectivity index is 1.78. The maximum Gasteiger partial charge on any atom is 0.306 e. The highest BCUT2D eigenvalue weighted by Gasteiger charge is 2.41. The summed E-state index contributed by atoms with van der Waals surface area (Å²) in [4.78, 5) is 25.8. The maximum atomic E-state index is 13.5. The first-order valence-corrected chi connectivity index (χ1v) is 8.26. The van der Waals surface area contributed by atoms with Gasteiger partial charge >= 0.3 is 5.97 Å². The molecule has 1 N–H and O–H groups in total. The van der Waals surface area contributed by atoms with Crippen LogP contribution in [0.25, 0.3) is 0 Å². The molecule has 1 amide bonds. The van der Waals surface area contributed by atoms with Crippen molar-refractivity contribution in [1.82, 2.24) is 4.90 Å². The molecule has 1 heterocycles. The standard InChI is InChI=1S/C18H22FNO3/c1-11-7-8-20(16(11)12-3-2-4-15(19)10-12)17(21)13-5-6-14(9-13)18(22)23/h2-4,10-11,13-14,16H,5-9H2,1H3,(H,22,23)/t11?,13-,14+,16?/m1/s1. The highest BCUT2D eigenvalue weighted by Crippen LogP contribution is 2.41. The fourth-order valence-electron chi connectivity index (χ4n) is 4.06. The number of hydrogen-bond acceptors (Lipinski definition) is 2. The summed E-state index contributed by atoms with van der Waals surface area (Å²) in [7, 11) is 0. The van der Waals surface area contributed by atoms with E-state index in [0.29, 0.717) is 25.8 Å². The van der Waals surface area contributed by atoms with Gasteiger partial charge in [-0.3, -0.25) is 9.59 Å². The molecule has 2 fully saturated rings. The number of rotatable bonds is 3. The minimum atomic E-state index is -0.809. The summed E-state index contributed by atoms with van der Waals surface area (Å²) < 4.78 is 13.5. The quantitative estimate of drug-likeness (QED) is 0.930. The number of likely N-dealkylation sites (tertiary alicyclic amines) is 1. The van der Waals surface area contributed by atoms with E-state index in [0.717, 1.165) is 12.0 Å². The number of carbonyl (C=O) groups excluding carboxylic acids is 1. The Bertz CT molecular complexity index is 618. The van der Waals surface area contributed by atoms with Gasteiger partial charge in [0.1, 0.15) is 5.82 Å². The van der Waals surface area contributed by atoms with Gasteiger partial charge in [-0.05, 0) is 49.3 Å². The van der Waals surface area contributed by atoms with Gasteiger partial charge in [-0.1, -0.05) is 19.1 Å². The van der Waals surface area contributed by atoms with Crippen molar-refractivity contribution in [2.75, 3.05) is 6.54 Å². The van der Waals surface area contributed by atoms with Crippen LogP contribution in [0.2, 0.25) is 0 Å². The summed E-state index contributed by atoms with van der Waals surface area (Å²) in [5.74, 6) is -1.41.